The molecule has 1 aliphatic carbocycles. The van der Waals surface area contributed by atoms with Crippen LogP contribution >= 0.6 is 11.6 Å². The van der Waals surface area contributed by atoms with Crippen molar-refractivity contribution in [1.82, 2.24) is 10.3 Å². The number of aromatic nitrogens is 1. The van der Waals surface area contributed by atoms with Gasteiger partial charge in [0, 0.05) is 24.6 Å². The van der Waals surface area contributed by atoms with Crippen molar-refractivity contribution in [2.24, 2.45) is 5.92 Å². The number of ether oxygens (including phenoxy) is 1. The second-order valence-corrected chi connectivity index (χ2v) is 9.12. The zero-order valence-corrected chi connectivity index (χ0v) is 19.6. The van der Waals surface area contributed by atoms with Gasteiger partial charge in [0.15, 0.2) is 0 Å². The van der Waals surface area contributed by atoms with Crippen LogP contribution in [0.2, 0.25) is 5.02 Å². The van der Waals surface area contributed by atoms with Gasteiger partial charge in [0.2, 0.25) is 5.91 Å². The number of hydrogen-bond acceptors (Lipinski definition) is 3. The summed E-state index contributed by atoms with van der Waals surface area (Å²) in [5.74, 6) is -2.44. The van der Waals surface area contributed by atoms with Crippen LogP contribution in [0.5, 0.6) is 5.75 Å². The number of rotatable bonds is 9. The average Bonchev–Trinajstić information content (AvgIpc) is 2.77. The van der Waals surface area contributed by atoms with Crippen molar-refractivity contribution in [3.05, 3.63) is 94.5 Å². The molecule has 1 amide bonds. The summed E-state index contributed by atoms with van der Waals surface area (Å²) in [6.07, 6.45) is -5.37. The number of pyridine rings is 1. The molecular formula is C26H22ClF5N2O2. The van der Waals surface area contributed by atoms with Gasteiger partial charge in [-0.2, -0.15) is 17.6 Å². The maximum absolute atomic E-state index is 14.8. The van der Waals surface area contributed by atoms with E-state index in [0.29, 0.717) is 29.5 Å². The third-order valence-electron chi connectivity index (χ3n) is 6.16. The molecule has 0 bridgehead atoms. The Morgan fingerprint density at radius 3 is 2.42 bits per heavy atom. The maximum Gasteiger partial charge on any atom is 0.461 e. The number of benzene rings is 2. The average molecular weight is 525 g/mol. The van der Waals surface area contributed by atoms with E-state index < -0.39 is 29.6 Å². The monoisotopic (exact) mass is 524 g/mol. The second kappa shape index (κ2) is 10.4. The second-order valence-electron chi connectivity index (χ2n) is 8.69. The molecule has 0 saturated heterocycles. The topological polar surface area (TPSA) is 51.2 Å². The standard InChI is InChI=1S/C26H22ClF5N2O2/c27-19-9-10-22(33-15-19)25(14-16-5-2-1-3-6-16,34-23(35)17-7-4-8-17)18-11-20(28)13-21(12-18)36-26(31,32)24(29)30/h1-3,5-6,9-13,15,17,24H,4,7-8,14H2,(H,34,35)/t25-/m0/s1. The lowest BCUT2D eigenvalue weighted by Crippen LogP contribution is -2.52. The van der Waals surface area contributed by atoms with E-state index in [4.69, 9.17) is 11.6 Å². The van der Waals surface area contributed by atoms with Crippen LogP contribution in [0, 0.1) is 11.7 Å². The number of hydrogen-bond donors (Lipinski definition) is 1. The highest BCUT2D eigenvalue weighted by atomic mass is 35.5. The zero-order chi connectivity index (χ0) is 25.9. The minimum Gasteiger partial charge on any atom is -0.428 e. The Bertz CT molecular complexity index is 1210. The summed E-state index contributed by atoms with van der Waals surface area (Å²) in [4.78, 5) is 17.6. The minimum atomic E-state index is -4.85. The first-order valence-corrected chi connectivity index (χ1v) is 11.6. The zero-order valence-electron chi connectivity index (χ0n) is 18.9. The van der Waals surface area contributed by atoms with Gasteiger partial charge in [0.25, 0.3) is 0 Å². The van der Waals surface area contributed by atoms with Crippen molar-refractivity contribution >= 4 is 17.5 Å². The lowest BCUT2D eigenvalue weighted by molar-refractivity contribution is -0.253. The Labute approximate surface area is 209 Å². The van der Waals surface area contributed by atoms with Gasteiger partial charge >= 0.3 is 12.5 Å². The van der Waals surface area contributed by atoms with Crippen LogP contribution in [0.15, 0.2) is 66.9 Å². The lowest BCUT2D eigenvalue weighted by Gasteiger charge is -2.38. The third kappa shape index (κ3) is 5.61. The Hall–Kier alpha value is -3.20. The fourth-order valence-corrected chi connectivity index (χ4v) is 4.22. The van der Waals surface area contributed by atoms with Crippen molar-refractivity contribution in [3.63, 3.8) is 0 Å². The molecule has 0 aliphatic heterocycles. The lowest BCUT2D eigenvalue weighted by atomic mass is 9.78. The number of nitrogens with zero attached hydrogens (tertiary/aromatic N) is 1. The molecule has 1 saturated carbocycles. The van der Waals surface area contributed by atoms with Gasteiger partial charge in [0.1, 0.15) is 17.1 Å². The van der Waals surface area contributed by atoms with E-state index in [-0.39, 0.29) is 29.5 Å². The van der Waals surface area contributed by atoms with E-state index >= 15 is 0 Å². The largest absolute Gasteiger partial charge is 0.461 e. The Morgan fingerprint density at radius 2 is 1.83 bits per heavy atom. The molecule has 190 valence electrons. The number of halogens is 6. The number of nitrogens with one attached hydrogen (secondary N) is 1. The molecule has 0 radical (unpaired) electrons. The molecule has 4 nitrogen and oxygen atoms in total. The molecule has 10 heteroatoms. The molecule has 1 N–H and O–H groups in total. The predicted octanol–water partition coefficient (Wildman–Crippen LogP) is 6.51. The number of alkyl halides is 4. The third-order valence-corrected chi connectivity index (χ3v) is 6.38. The fourth-order valence-electron chi connectivity index (χ4n) is 4.10. The normalized spacial score (nSPS) is 15.8. The summed E-state index contributed by atoms with van der Waals surface area (Å²) in [7, 11) is 0. The maximum atomic E-state index is 14.8. The molecule has 0 spiro atoms. The van der Waals surface area contributed by atoms with Gasteiger partial charge < -0.3 is 10.1 Å². The number of amides is 1. The van der Waals surface area contributed by atoms with Crippen LogP contribution in [0.3, 0.4) is 0 Å². The molecule has 4 rings (SSSR count). The summed E-state index contributed by atoms with van der Waals surface area (Å²) >= 11 is 6.02. The molecular weight excluding hydrogens is 503 g/mol. The number of carbonyl (C=O) groups is 1. The summed E-state index contributed by atoms with van der Waals surface area (Å²) in [5, 5.41) is 3.27. The van der Waals surface area contributed by atoms with Gasteiger partial charge in [-0.3, -0.25) is 9.78 Å². The Kier molecular flexibility index (Phi) is 7.49. The van der Waals surface area contributed by atoms with E-state index in [1.165, 1.54) is 18.3 Å². The molecule has 1 atom stereocenters. The Balaban J connectivity index is 1.89. The molecule has 2 aromatic carbocycles. The first-order valence-electron chi connectivity index (χ1n) is 11.2. The van der Waals surface area contributed by atoms with Crippen LogP contribution in [0.25, 0.3) is 0 Å². The molecule has 36 heavy (non-hydrogen) atoms. The van der Waals surface area contributed by atoms with Crippen molar-refractivity contribution in [3.8, 4) is 5.75 Å². The molecule has 1 fully saturated rings. The van der Waals surface area contributed by atoms with Crippen LogP contribution in [-0.4, -0.2) is 23.4 Å². The van der Waals surface area contributed by atoms with Crippen LogP contribution in [0.4, 0.5) is 22.0 Å². The molecule has 0 unspecified atom stereocenters. The van der Waals surface area contributed by atoms with Crippen LogP contribution in [0.1, 0.15) is 36.1 Å². The predicted molar refractivity (Wildman–Crippen MR) is 124 cm³/mol. The van der Waals surface area contributed by atoms with E-state index in [2.05, 4.69) is 15.0 Å². The SMILES string of the molecule is O=C(N[C@@](Cc1ccccc1)(c1cc(F)cc(OC(F)(F)C(F)F)c1)c1ccc(Cl)cn1)C1CCC1. The van der Waals surface area contributed by atoms with Crippen molar-refractivity contribution < 1.29 is 31.5 Å². The van der Waals surface area contributed by atoms with E-state index in [1.54, 1.807) is 30.3 Å². The van der Waals surface area contributed by atoms with Gasteiger partial charge in [-0.05, 0) is 48.2 Å². The first-order chi connectivity index (χ1) is 17.1. The van der Waals surface area contributed by atoms with Crippen molar-refractivity contribution in [2.75, 3.05) is 0 Å². The van der Waals surface area contributed by atoms with E-state index in [0.717, 1.165) is 18.6 Å². The summed E-state index contributed by atoms with van der Waals surface area (Å²) in [6.45, 7) is 0. The summed E-state index contributed by atoms with van der Waals surface area (Å²) in [6, 6.07) is 14.6. The van der Waals surface area contributed by atoms with Crippen LogP contribution < -0.4 is 10.1 Å². The molecule has 1 heterocycles. The summed E-state index contributed by atoms with van der Waals surface area (Å²) in [5.41, 5.74) is -0.596. The highest BCUT2D eigenvalue weighted by Gasteiger charge is 2.45. The fraction of sp³-hybridized carbons (Fsp3) is 0.308. The van der Waals surface area contributed by atoms with Crippen molar-refractivity contribution in [2.45, 2.75) is 43.8 Å². The van der Waals surface area contributed by atoms with E-state index in [1.807, 2.05) is 0 Å². The molecule has 1 aromatic heterocycles. The molecule has 3 aromatic rings. The van der Waals surface area contributed by atoms with Crippen LogP contribution in [-0.2, 0) is 16.8 Å². The van der Waals surface area contributed by atoms with Gasteiger partial charge in [0.05, 0.1) is 10.7 Å². The van der Waals surface area contributed by atoms with Crippen molar-refractivity contribution in [1.29, 1.82) is 0 Å². The smallest absolute Gasteiger partial charge is 0.428 e. The van der Waals surface area contributed by atoms with Gasteiger partial charge in [-0.1, -0.05) is 48.4 Å². The molecule has 1 aliphatic rings. The quantitative estimate of drug-likeness (QED) is 0.325. The highest BCUT2D eigenvalue weighted by molar-refractivity contribution is 6.30. The highest BCUT2D eigenvalue weighted by Crippen LogP contribution is 2.38. The minimum absolute atomic E-state index is 0.00563. The van der Waals surface area contributed by atoms with Gasteiger partial charge in [-0.25, -0.2) is 4.39 Å². The van der Waals surface area contributed by atoms with Gasteiger partial charge in [-0.15, -0.1) is 0 Å². The first kappa shape index (κ1) is 25.9. The van der Waals surface area contributed by atoms with E-state index in [9.17, 15) is 26.7 Å². The number of carbonyl (C=O) groups excluding carboxylic acids is 1. The Morgan fingerprint density at radius 1 is 1.11 bits per heavy atom. The summed E-state index contributed by atoms with van der Waals surface area (Å²) < 4.78 is 71.9.